The Hall–Kier alpha value is -0.610. The zero-order valence-corrected chi connectivity index (χ0v) is 12.1. The summed E-state index contributed by atoms with van der Waals surface area (Å²) in [5, 5.41) is 0. The summed E-state index contributed by atoms with van der Waals surface area (Å²) in [6.07, 6.45) is 7.77. The second-order valence-corrected chi connectivity index (χ2v) is 5.61. The molecule has 2 aliphatic rings. The van der Waals surface area contributed by atoms with E-state index in [1.807, 2.05) is 0 Å². The number of rotatable bonds is 6. The van der Waals surface area contributed by atoms with Gasteiger partial charge in [-0.05, 0) is 32.1 Å². The molecule has 1 aliphatic heterocycles. The van der Waals surface area contributed by atoms with Crippen LogP contribution in [0.2, 0.25) is 0 Å². The van der Waals surface area contributed by atoms with Crippen molar-refractivity contribution in [2.75, 3.05) is 6.79 Å². The van der Waals surface area contributed by atoms with Crippen molar-refractivity contribution in [2.24, 2.45) is 5.92 Å². The Morgan fingerprint density at radius 3 is 2.58 bits per heavy atom. The van der Waals surface area contributed by atoms with Crippen molar-refractivity contribution >= 4 is 5.97 Å². The van der Waals surface area contributed by atoms with Crippen molar-refractivity contribution < 1.29 is 19.0 Å². The highest BCUT2D eigenvalue weighted by Gasteiger charge is 2.39. The first-order valence-electron chi connectivity index (χ1n) is 7.68. The van der Waals surface area contributed by atoms with Gasteiger partial charge in [-0.15, -0.1) is 0 Å². The summed E-state index contributed by atoms with van der Waals surface area (Å²) in [7, 11) is 0. The molecule has 4 heteroatoms. The molecule has 0 aromatic rings. The summed E-state index contributed by atoms with van der Waals surface area (Å²) in [5.74, 6) is -0.261. The third kappa shape index (κ3) is 3.93. The predicted molar refractivity (Wildman–Crippen MR) is 71.7 cm³/mol. The van der Waals surface area contributed by atoms with Gasteiger partial charge in [0, 0.05) is 0 Å². The highest BCUT2D eigenvalue weighted by atomic mass is 16.7. The van der Waals surface area contributed by atoms with Gasteiger partial charge in [0.25, 0.3) is 0 Å². The third-order valence-electron chi connectivity index (χ3n) is 4.30. The van der Waals surface area contributed by atoms with Crippen molar-refractivity contribution in [3.8, 4) is 0 Å². The van der Waals surface area contributed by atoms with Crippen LogP contribution < -0.4 is 0 Å². The number of ether oxygens (including phenoxy) is 3. The molecule has 0 N–H and O–H groups in total. The van der Waals surface area contributed by atoms with Crippen LogP contribution >= 0.6 is 0 Å². The quantitative estimate of drug-likeness (QED) is 0.549. The van der Waals surface area contributed by atoms with E-state index >= 15 is 0 Å². The topological polar surface area (TPSA) is 44.8 Å². The Balaban J connectivity index is 1.72. The first-order chi connectivity index (χ1) is 9.24. The van der Waals surface area contributed by atoms with Crippen molar-refractivity contribution in [3.63, 3.8) is 0 Å². The Morgan fingerprint density at radius 1 is 1.21 bits per heavy atom. The SMILES string of the molecule is CCC1CC(C(=O)OCOC2CCCC2)C(CC)O1. The standard InChI is InChI=1S/C15H26O4/c1-3-11-9-13(14(4-2)19-11)15(16)18-10-17-12-7-5-6-8-12/h11-14H,3-10H2,1-2H3. The highest BCUT2D eigenvalue weighted by molar-refractivity contribution is 5.73. The van der Waals surface area contributed by atoms with E-state index in [9.17, 15) is 4.79 Å². The van der Waals surface area contributed by atoms with Crippen molar-refractivity contribution in [2.45, 2.75) is 77.1 Å². The molecule has 1 heterocycles. The van der Waals surface area contributed by atoms with Crippen molar-refractivity contribution in [1.82, 2.24) is 0 Å². The lowest BCUT2D eigenvalue weighted by Crippen LogP contribution is -2.27. The minimum Gasteiger partial charge on any atom is -0.438 e. The molecule has 0 amide bonds. The van der Waals surface area contributed by atoms with Gasteiger partial charge >= 0.3 is 5.97 Å². The average molecular weight is 270 g/mol. The lowest BCUT2D eigenvalue weighted by molar-refractivity contribution is -0.167. The van der Waals surface area contributed by atoms with Crippen molar-refractivity contribution in [1.29, 1.82) is 0 Å². The second kappa shape index (κ2) is 7.25. The number of esters is 1. The highest BCUT2D eigenvalue weighted by Crippen LogP contribution is 2.31. The first kappa shape index (κ1) is 14.8. The van der Waals surface area contributed by atoms with Crippen LogP contribution in [0.1, 0.15) is 58.8 Å². The molecule has 1 saturated carbocycles. The second-order valence-electron chi connectivity index (χ2n) is 5.61. The molecule has 0 aromatic carbocycles. The Bertz CT molecular complexity index is 286. The zero-order chi connectivity index (χ0) is 13.7. The van der Waals surface area contributed by atoms with E-state index in [1.165, 1.54) is 12.8 Å². The molecule has 0 radical (unpaired) electrons. The largest absolute Gasteiger partial charge is 0.438 e. The summed E-state index contributed by atoms with van der Waals surface area (Å²) >= 11 is 0. The molecule has 3 atom stereocenters. The lowest BCUT2D eigenvalue weighted by atomic mass is 9.97. The molecule has 0 bridgehead atoms. The molecule has 2 rings (SSSR count). The maximum Gasteiger partial charge on any atom is 0.313 e. The van der Waals surface area contributed by atoms with Crippen LogP contribution in [0.15, 0.2) is 0 Å². The number of carbonyl (C=O) groups is 1. The van der Waals surface area contributed by atoms with E-state index in [-0.39, 0.29) is 37.0 Å². The van der Waals surface area contributed by atoms with E-state index in [0.29, 0.717) is 0 Å². The van der Waals surface area contributed by atoms with Gasteiger partial charge in [0.1, 0.15) is 0 Å². The van der Waals surface area contributed by atoms with Gasteiger partial charge in [-0.2, -0.15) is 0 Å². The van der Waals surface area contributed by atoms with Gasteiger partial charge < -0.3 is 14.2 Å². The molecule has 3 unspecified atom stereocenters. The molecule has 2 fully saturated rings. The summed E-state index contributed by atoms with van der Waals surface area (Å²) in [5.41, 5.74) is 0. The molecule has 110 valence electrons. The predicted octanol–water partition coefficient (Wildman–Crippen LogP) is 3.04. The maximum atomic E-state index is 12.1. The molecule has 4 nitrogen and oxygen atoms in total. The number of carbonyl (C=O) groups excluding carboxylic acids is 1. The Labute approximate surface area is 115 Å². The van der Waals surface area contributed by atoms with E-state index in [2.05, 4.69) is 13.8 Å². The minimum atomic E-state index is -0.152. The number of hydrogen-bond acceptors (Lipinski definition) is 4. The van der Waals surface area contributed by atoms with Gasteiger partial charge in [0.15, 0.2) is 6.79 Å². The molecule has 1 saturated heterocycles. The van der Waals surface area contributed by atoms with Gasteiger partial charge in [-0.1, -0.05) is 26.7 Å². The van der Waals surface area contributed by atoms with Gasteiger partial charge in [-0.3, -0.25) is 4.79 Å². The van der Waals surface area contributed by atoms with E-state index in [1.54, 1.807) is 0 Å². The van der Waals surface area contributed by atoms with Crippen LogP contribution in [-0.2, 0) is 19.0 Å². The minimum absolute atomic E-state index is 0.0175. The van der Waals surface area contributed by atoms with Gasteiger partial charge in [-0.25, -0.2) is 0 Å². The van der Waals surface area contributed by atoms with Gasteiger partial charge in [0.2, 0.25) is 0 Å². The molecular formula is C15H26O4. The normalized spacial score (nSPS) is 31.8. The van der Waals surface area contributed by atoms with Crippen LogP contribution in [0.3, 0.4) is 0 Å². The van der Waals surface area contributed by atoms with Crippen LogP contribution in [0, 0.1) is 5.92 Å². The van der Waals surface area contributed by atoms with E-state index in [4.69, 9.17) is 14.2 Å². The Morgan fingerprint density at radius 2 is 1.95 bits per heavy atom. The molecular weight excluding hydrogens is 244 g/mol. The fourth-order valence-corrected chi connectivity index (χ4v) is 3.07. The van der Waals surface area contributed by atoms with Gasteiger partial charge in [0.05, 0.1) is 24.2 Å². The number of hydrogen-bond donors (Lipinski definition) is 0. The Kier molecular flexibility index (Phi) is 5.64. The van der Waals surface area contributed by atoms with E-state index in [0.717, 1.165) is 32.1 Å². The zero-order valence-electron chi connectivity index (χ0n) is 12.1. The summed E-state index contributed by atoms with van der Waals surface area (Å²) < 4.78 is 16.7. The van der Waals surface area contributed by atoms with Crippen LogP contribution in [-0.4, -0.2) is 31.1 Å². The molecule has 19 heavy (non-hydrogen) atoms. The lowest BCUT2D eigenvalue weighted by Gasteiger charge is -2.17. The molecule has 0 spiro atoms. The van der Waals surface area contributed by atoms with Crippen LogP contribution in [0.5, 0.6) is 0 Å². The third-order valence-corrected chi connectivity index (χ3v) is 4.30. The maximum absolute atomic E-state index is 12.1. The fourth-order valence-electron chi connectivity index (χ4n) is 3.07. The van der Waals surface area contributed by atoms with Crippen molar-refractivity contribution in [3.05, 3.63) is 0 Å². The first-order valence-corrected chi connectivity index (χ1v) is 7.68. The fraction of sp³-hybridized carbons (Fsp3) is 0.933. The molecule has 0 aromatic heterocycles. The smallest absolute Gasteiger partial charge is 0.313 e. The summed E-state index contributed by atoms with van der Waals surface area (Å²) in [4.78, 5) is 12.1. The van der Waals surface area contributed by atoms with Crippen LogP contribution in [0.25, 0.3) is 0 Å². The van der Waals surface area contributed by atoms with E-state index < -0.39 is 0 Å². The summed E-state index contributed by atoms with van der Waals surface area (Å²) in [6, 6.07) is 0. The van der Waals surface area contributed by atoms with Crippen LogP contribution in [0.4, 0.5) is 0 Å². The summed E-state index contributed by atoms with van der Waals surface area (Å²) in [6.45, 7) is 4.25. The average Bonchev–Trinajstić information content (AvgIpc) is 3.07. The monoisotopic (exact) mass is 270 g/mol. The molecule has 1 aliphatic carbocycles.